The number of nitrogens with zero attached hydrogens (tertiary/aromatic N) is 2. The highest BCUT2D eigenvalue weighted by Crippen LogP contribution is 2.36. The fraction of sp³-hybridized carbons (Fsp3) is 0.300. The second kappa shape index (κ2) is 5.15. The Labute approximate surface area is 107 Å². The van der Waals surface area contributed by atoms with E-state index in [1.165, 1.54) is 13.4 Å². The van der Waals surface area contributed by atoms with Crippen LogP contribution in [0.3, 0.4) is 0 Å². The fourth-order valence-electron chi connectivity index (χ4n) is 1.51. The van der Waals surface area contributed by atoms with Crippen LogP contribution in [0.25, 0.3) is 10.2 Å². The Bertz CT molecular complexity index is 584. The number of carbonyl (C=O) groups excluding carboxylic acids is 1. The summed E-state index contributed by atoms with van der Waals surface area (Å²) >= 11 is 1.15. The number of rotatable bonds is 4. The Morgan fingerprint density at radius 2 is 2.39 bits per heavy atom. The first-order valence-electron chi connectivity index (χ1n) is 5.15. The summed E-state index contributed by atoms with van der Waals surface area (Å²) in [4.78, 5) is 20.5. The Hall–Kier alpha value is -1.93. The SMILES string of the molecule is COC(=O)c1sc2ncnc(NCCO)c2c1N. The molecular formula is C10H12N4O3S. The number of carbonyl (C=O) groups is 1. The lowest BCUT2D eigenvalue weighted by Crippen LogP contribution is -2.08. The fourth-order valence-corrected chi connectivity index (χ4v) is 2.49. The van der Waals surface area contributed by atoms with Crippen molar-refractivity contribution in [1.82, 2.24) is 9.97 Å². The third-order valence-corrected chi connectivity index (χ3v) is 3.39. The van der Waals surface area contributed by atoms with Crippen LogP contribution in [0.1, 0.15) is 9.67 Å². The molecule has 0 aromatic carbocycles. The molecule has 2 rings (SSSR count). The Kier molecular flexibility index (Phi) is 3.58. The van der Waals surface area contributed by atoms with Gasteiger partial charge in [-0.1, -0.05) is 0 Å². The molecule has 0 saturated carbocycles. The molecule has 0 aliphatic carbocycles. The van der Waals surface area contributed by atoms with Gasteiger partial charge < -0.3 is 20.9 Å². The van der Waals surface area contributed by atoms with Crippen LogP contribution in [0.4, 0.5) is 11.5 Å². The lowest BCUT2D eigenvalue weighted by atomic mass is 10.3. The highest BCUT2D eigenvalue weighted by atomic mass is 32.1. The summed E-state index contributed by atoms with van der Waals surface area (Å²) in [6, 6.07) is 0. The Balaban J connectivity index is 2.54. The number of nitrogens with one attached hydrogen (secondary N) is 1. The maximum atomic E-state index is 11.5. The van der Waals surface area contributed by atoms with E-state index in [0.717, 1.165) is 11.3 Å². The summed E-state index contributed by atoms with van der Waals surface area (Å²) in [5, 5.41) is 12.3. The number of anilines is 2. The predicted molar refractivity (Wildman–Crippen MR) is 68.7 cm³/mol. The first-order chi connectivity index (χ1) is 8.69. The lowest BCUT2D eigenvalue weighted by Gasteiger charge is -2.04. The third-order valence-electron chi connectivity index (χ3n) is 2.30. The molecule has 0 aliphatic rings. The van der Waals surface area contributed by atoms with Gasteiger partial charge in [-0.2, -0.15) is 0 Å². The Morgan fingerprint density at radius 3 is 3.06 bits per heavy atom. The minimum absolute atomic E-state index is 0.0284. The molecule has 18 heavy (non-hydrogen) atoms. The summed E-state index contributed by atoms with van der Waals surface area (Å²) in [6.45, 7) is 0.314. The molecule has 0 bridgehead atoms. The van der Waals surface area contributed by atoms with E-state index in [-0.39, 0.29) is 6.61 Å². The lowest BCUT2D eigenvalue weighted by molar-refractivity contribution is 0.0607. The Morgan fingerprint density at radius 1 is 1.61 bits per heavy atom. The molecule has 0 amide bonds. The van der Waals surface area contributed by atoms with Crippen molar-refractivity contribution in [2.75, 3.05) is 31.3 Å². The molecular weight excluding hydrogens is 256 g/mol. The number of esters is 1. The van der Waals surface area contributed by atoms with Crippen molar-refractivity contribution in [2.45, 2.75) is 0 Å². The van der Waals surface area contributed by atoms with Crippen molar-refractivity contribution < 1.29 is 14.6 Å². The van der Waals surface area contributed by atoms with Crippen LogP contribution in [0, 0.1) is 0 Å². The molecule has 0 unspecified atom stereocenters. The monoisotopic (exact) mass is 268 g/mol. The van der Waals surface area contributed by atoms with E-state index in [0.29, 0.717) is 33.1 Å². The smallest absolute Gasteiger partial charge is 0.350 e. The van der Waals surface area contributed by atoms with Gasteiger partial charge in [-0.15, -0.1) is 11.3 Å². The zero-order chi connectivity index (χ0) is 13.1. The number of hydrogen-bond acceptors (Lipinski definition) is 8. The number of ether oxygens (including phenoxy) is 1. The molecule has 0 radical (unpaired) electrons. The minimum Gasteiger partial charge on any atom is -0.465 e. The normalized spacial score (nSPS) is 10.6. The summed E-state index contributed by atoms with van der Waals surface area (Å²) in [5.74, 6) is 0.00145. The van der Waals surface area contributed by atoms with Gasteiger partial charge in [-0.05, 0) is 0 Å². The van der Waals surface area contributed by atoms with Crippen molar-refractivity contribution in [3.63, 3.8) is 0 Å². The van der Waals surface area contributed by atoms with Gasteiger partial charge in [-0.3, -0.25) is 0 Å². The van der Waals surface area contributed by atoms with Crippen LogP contribution < -0.4 is 11.1 Å². The van der Waals surface area contributed by atoms with E-state index in [1.54, 1.807) is 0 Å². The summed E-state index contributed by atoms with van der Waals surface area (Å²) < 4.78 is 4.65. The molecule has 8 heteroatoms. The number of hydrogen-bond donors (Lipinski definition) is 3. The van der Waals surface area contributed by atoms with E-state index in [9.17, 15) is 4.79 Å². The molecule has 0 atom stereocenters. The number of fused-ring (bicyclic) bond motifs is 1. The number of methoxy groups -OCH3 is 1. The second-order valence-electron chi connectivity index (χ2n) is 3.39. The van der Waals surface area contributed by atoms with Crippen molar-refractivity contribution in [1.29, 1.82) is 0 Å². The number of nitrogen functional groups attached to an aromatic ring is 1. The molecule has 0 fully saturated rings. The zero-order valence-corrected chi connectivity index (χ0v) is 10.5. The highest BCUT2D eigenvalue weighted by Gasteiger charge is 2.20. The van der Waals surface area contributed by atoms with Crippen LogP contribution in [0.2, 0.25) is 0 Å². The molecule has 2 heterocycles. The van der Waals surface area contributed by atoms with E-state index in [2.05, 4.69) is 20.0 Å². The predicted octanol–water partition coefficient (Wildman–Crippen LogP) is 0.464. The van der Waals surface area contributed by atoms with Crippen LogP contribution in [-0.4, -0.2) is 41.3 Å². The highest BCUT2D eigenvalue weighted by molar-refractivity contribution is 7.21. The van der Waals surface area contributed by atoms with Crippen molar-refractivity contribution in [3.05, 3.63) is 11.2 Å². The minimum atomic E-state index is -0.497. The quantitative estimate of drug-likeness (QED) is 0.691. The average Bonchev–Trinajstić information content (AvgIpc) is 2.73. The maximum Gasteiger partial charge on any atom is 0.350 e. The maximum absolute atomic E-state index is 11.5. The molecule has 96 valence electrons. The van der Waals surface area contributed by atoms with Crippen molar-refractivity contribution in [3.8, 4) is 0 Å². The molecule has 0 saturated heterocycles. The van der Waals surface area contributed by atoms with Gasteiger partial charge in [-0.25, -0.2) is 14.8 Å². The molecule has 0 aliphatic heterocycles. The standard InChI is InChI=1S/C10H12N4O3S/c1-17-10(16)7-6(11)5-8(12-2-3-15)13-4-14-9(5)18-7/h4,15H,2-3,11H2,1H3,(H,12,13,14). The van der Waals surface area contributed by atoms with Crippen LogP contribution in [0.15, 0.2) is 6.33 Å². The number of aliphatic hydroxyl groups excluding tert-OH is 1. The molecule has 0 spiro atoms. The van der Waals surface area contributed by atoms with E-state index in [1.807, 2.05) is 0 Å². The van der Waals surface area contributed by atoms with Gasteiger partial charge in [0.1, 0.15) is 21.9 Å². The number of aromatic nitrogens is 2. The van der Waals surface area contributed by atoms with Gasteiger partial charge in [0.15, 0.2) is 0 Å². The first kappa shape index (κ1) is 12.5. The van der Waals surface area contributed by atoms with Gasteiger partial charge in [0, 0.05) is 6.54 Å². The van der Waals surface area contributed by atoms with E-state index >= 15 is 0 Å². The number of nitrogens with two attached hydrogens (primary N) is 1. The summed E-state index contributed by atoms with van der Waals surface area (Å²) in [5.41, 5.74) is 6.21. The summed E-state index contributed by atoms with van der Waals surface area (Å²) in [7, 11) is 1.29. The zero-order valence-electron chi connectivity index (χ0n) is 9.64. The topological polar surface area (TPSA) is 110 Å². The third kappa shape index (κ3) is 2.07. The van der Waals surface area contributed by atoms with Gasteiger partial charge in [0.2, 0.25) is 0 Å². The van der Waals surface area contributed by atoms with Gasteiger partial charge >= 0.3 is 5.97 Å². The van der Waals surface area contributed by atoms with Gasteiger partial charge in [0.25, 0.3) is 0 Å². The number of aliphatic hydroxyl groups is 1. The second-order valence-corrected chi connectivity index (χ2v) is 4.39. The van der Waals surface area contributed by atoms with Crippen LogP contribution in [0.5, 0.6) is 0 Å². The molecule has 2 aromatic rings. The average molecular weight is 268 g/mol. The molecule has 7 nitrogen and oxygen atoms in total. The van der Waals surface area contributed by atoms with Crippen LogP contribution >= 0.6 is 11.3 Å². The van der Waals surface area contributed by atoms with Gasteiger partial charge in [0.05, 0.1) is 24.8 Å². The largest absolute Gasteiger partial charge is 0.465 e. The van der Waals surface area contributed by atoms with Crippen LogP contribution in [-0.2, 0) is 4.74 Å². The summed E-state index contributed by atoms with van der Waals surface area (Å²) in [6.07, 6.45) is 1.37. The van der Waals surface area contributed by atoms with Crippen molar-refractivity contribution >= 4 is 39.0 Å². The first-order valence-corrected chi connectivity index (χ1v) is 5.96. The van der Waals surface area contributed by atoms with E-state index in [4.69, 9.17) is 10.8 Å². The molecule has 4 N–H and O–H groups in total. The number of thiophene rings is 1. The van der Waals surface area contributed by atoms with Crippen molar-refractivity contribution in [2.24, 2.45) is 0 Å². The van der Waals surface area contributed by atoms with E-state index < -0.39 is 5.97 Å². The molecule has 2 aromatic heterocycles.